The number of rotatable bonds is 5. The van der Waals surface area contributed by atoms with Crippen LogP contribution in [0.3, 0.4) is 0 Å². The fourth-order valence-corrected chi connectivity index (χ4v) is 2.89. The van der Waals surface area contributed by atoms with Crippen molar-refractivity contribution < 1.29 is 4.79 Å². The van der Waals surface area contributed by atoms with Gasteiger partial charge >= 0.3 is 0 Å². The molecule has 1 N–H and O–H groups in total. The predicted octanol–water partition coefficient (Wildman–Crippen LogP) is 0.678. The van der Waals surface area contributed by atoms with Crippen molar-refractivity contribution in [2.45, 2.75) is 33.4 Å². The van der Waals surface area contributed by atoms with Gasteiger partial charge in [-0.05, 0) is 13.3 Å². The lowest BCUT2D eigenvalue weighted by Crippen LogP contribution is -2.48. The number of hydrogen-bond acceptors (Lipinski definition) is 5. The first-order valence-electron chi connectivity index (χ1n) is 8.07. The number of nitrogens with one attached hydrogen (secondary N) is 1. The maximum atomic E-state index is 12.2. The van der Waals surface area contributed by atoms with E-state index >= 15 is 0 Å². The van der Waals surface area contributed by atoms with Gasteiger partial charge in [-0.1, -0.05) is 6.92 Å². The van der Waals surface area contributed by atoms with Crippen molar-refractivity contribution in [2.24, 2.45) is 0 Å². The van der Waals surface area contributed by atoms with E-state index in [0.29, 0.717) is 18.9 Å². The number of carbonyl (C=O) groups excluding carboxylic acids is 1. The van der Waals surface area contributed by atoms with E-state index in [-0.39, 0.29) is 5.91 Å². The maximum absolute atomic E-state index is 12.2. The normalized spacial score (nSPS) is 16.0. The van der Waals surface area contributed by atoms with Gasteiger partial charge in [0.1, 0.15) is 6.33 Å². The summed E-state index contributed by atoms with van der Waals surface area (Å²) < 4.78 is 2.07. The van der Waals surface area contributed by atoms with E-state index in [2.05, 4.69) is 43.7 Å². The predicted molar refractivity (Wildman–Crippen MR) is 84.8 cm³/mol. The largest absolute Gasteiger partial charge is 0.333 e. The summed E-state index contributed by atoms with van der Waals surface area (Å²) in [6.07, 6.45) is 4.42. The Kier molecular flexibility index (Phi) is 4.71. The molecule has 1 aliphatic heterocycles. The minimum absolute atomic E-state index is 0.0749. The fraction of sp³-hybridized carbons (Fsp3) is 0.600. The second-order valence-electron chi connectivity index (χ2n) is 5.88. The summed E-state index contributed by atoms with van der Waals surface area (Å²) >= 11 is 0. The van der Waals surface area contributed by atoms with Crippen LogP contribution in [0.1, 0.15) is 35.2 Å². The molecular formula is C15H23N7O. The molecule has 0 radical (unpaired) electrons. The number of nitrogens with zero attached hydrogens (tertiary/aromatic N) is 6. The molecule has 3 heterocycles. The number of hydrogen-bond donors (Lipinski definition) is 1. The van der Waals surface area contributed by atoms with E-state index in [9.17, 15) is 4.79 Å². The number of aromatic nitrogens is 5. The standard InChI is InChI=1S/C15H23N7O/c1-3-4-22-12(2)13(9-18-22)10-20-5-7-21(8-6-20)15(23)14-16-11-17-19-14/h9,11H,3-8,10H2,1-2H3,(H,16,17,19). The quantitative estimate of drug-likeness (QED) is 0.877. The van der Waals surface area contributed by atoms with Gasteiger partial charge in [-0.2, -0.15) is 10.2 Å². The third kappa shape index (κ3) is 3.42. The van der Waals surface area contributed by atoms with Crippen molar-refractivity contribution in [2.75, 3.05) is 26.2 Å². The highest BCUT2D eigenvalue weighted by atomic mass is 16.2. The van der Waals surface area contributed by atoms with Gasteiger partial charge in [0.15, 0.2) is 0 Å². The SMILES string of the molecule is CCCn1ncc(CN2CCN(C(=O)c3ncn[nH]3)CC2)c1C. The second-order valence-corrected chi connectivity index (χ2v) is 5.88. The average molecular weight is 317 g/mol. The number of aromatic amines is 1. The second kappa shape index (κ2) is 6.91. The van der Waals surface area contributed by atoms with Gasteiger partial charge in [0.25, 0.3) is 5.91 Å². The Balaban J connectivity index is 1.54. The molecule has 8 heteroatoms. The molecule has 0 aliphatic carbocycles. The van der Waals surface area contributed by atoms with Crippen molar-refractivity contribution >= 4 is 5.91 Å². The Morgan fingerprint density at radius 3 is 2.74 bits per heavy atom. The lowest BCUT2D eigenvalue weighted by atomic mass is 10.2. The van der Waals surface area contributed by atoms with E-state index < -0.39 is 0 Å². The molecule has 0 atom stereocenters. The van der Waals surface area contributed by atoms with Crippen molar-refractivity contribution in [3.63, 3.8) is 0 Å². The third-order valence-electron chi connectivity index (χ3n) is 4.31. The Bertz CT molecular complexity index is 641. The lowest BCUT2D eigenvalue weighted by Gasteiger charge is -2.34. The molecule has 2 aromatic rings. The van der Waals surface area contributed by atoms with Crippen LogP contribution in [-0.4, -0.2) is 66.8 Å². The summed E-state index contributed by atoms with van der Waals surface area (Å²) in [6, 6.07) is 0. The first kappa shape index (κ1) is 15.7. The van der Waals surface area contributed by atoms with Crippen LogP contribution in [0, 0.1) is 6.92 Å². The lowest BCUT2D eigenvalue weighted by molar-refractivity contribution is 0.0616. The minimum atomic E-state index is -0.0749. The van der Waals surface area contributed by atoms with Crippen LogP contribution < -0.4 is 0 Å². The van der Waals surface area contributed by atoms with E-state index in [1.54, 1.807) is 0 Å². The van der Waals surface area contributed by atoms with Crippen molar-refractivity contribution in [1.82, 2.24) is 34.8 Å². The zero-order chi connectivity index (χ0) is 16.2. The van der Waals surface area contributed by atoms with E-state index in [0.717, 1.165) is 32.6 Å². The van der Waals surface area contributed by atoms with Gasteiger partial charge < -0.3 is 4.90 Å². The summed E-state index contributed by atoms with van der Waals surface area (Å²) in [5.74, 6) is 0.240. The molecule has 0 aromatic carbocycles. The topological polar surface area (TPSA) is 82.9 Å². The Morgan fingerprint density at radius 2 is 2.09 bits per heavy atom. The van der Waals surface area contributed by atoms with Crippen LogP contribution >= 0.6 is 0 Å². The van der Waals surface area contributed by atoms with Crippen LogP contribution in [0.2, 0.25) is 0 Å². The first-order valence-corrected chi connectivity index (χ1v) is 8.07. The molecule has 0 unspecified atom stereocenters. The van der Waals surface area contributed by atoms with Gasteiger partial charge in [0, 0.05) is 50.5 Å². The molecule has 0 saturated carbocycles. The smallest absolute Gasteiger partial charge is 0.291 e. The number of H-pyrrole nitrogens is 1. The Hall–Kier alpha value is -2.22. The molecule has 0 bridgehead atoms. The summed E-state index contributed by atoms with van der Waals surface area (Å²) in [5, 5.41) is 10.8. The van der Waals surface area contributed by atoms with Crippen molar-refractivity contribution in [3.05, 3.63) is 29.6 Å². The maximum Gasteiger partial charge on any atom is 0.291 e. The first-order chi connectivity index (χ1) is 11.2. The minimum Gasteiger partial charge on any atom is -0.333 e. The molecule has 2 aromatic heterocycles. The summed E-state index contributed by atoms with van der Waals surface area (Å²) in [4.78, 5) is 20.3. The van der Waals surface area contributed by atoms with Crippen LogP contribution in [0.25, 0.3) is 0 Å². The Labute approximate surface area is 135 Å². The van der Waals surface area contributed by atoms with E-state index in [4.69, 9.17) is 0 Å². The van der Waals surface area contributed by atoms with Crippen molar-refractivity contribution in [1.29, 1.82) is 0 Å². The van der Waals surface area contributed by atoms with Crippen LogP contribution in [-0.2, 0) is 13.1 Å². The van der Waals surface area contributed by atoms with Gasteiger partial charge in [-0.15, -0.1) is 0 Å². The summed E-state index contributed by atoms with van der Waals surface area (Å²) in [5.41, 5.74) is 2.51. The number of amides is 1. The highest BCUT2D eigenvalue weighted by Gasteiger charge is 2.24. The summed E-state index contributed by atoms with van der Waals surface area (Å²) in [7, 11) is 0. The molecule has 1 amide bonds. The molecule has 8 nitrogen and oxygen atoms in total. The van der Waals surface area contributed by atoms with Crippen molar-refractivity contribution in [3.8, 4) is 0 Å². The number of aryl methyl sites for hydroxylation is 1. The molecule has 124 valence electrons. The van der Waals surface area contributed by atoms with Crippen LogP contribution in [0.15, 0.2) is 12.5 Å². The highest BCUT2D eigenvalue weighted by Crippen LogP contribution is 2.13. The molecule has 1 aliphatic rings. The molecule has 0 spiro atoms. The van der Waals surface area contributed by atoms with Gasteiger partial charge in [0.05, 0.1) is 6.20 Å². The van der Waals surface area contributed by atoms with Gasteiger partial charge in [-0.25, -0.2) is 4.98 Å². The monoisotopic (exact) mass is 317 g/mol. The molecular weight excluding hydrogens is 294 g/mol. The zero-order valence-corrected chi connectivity index (χ0v) is 13.7. The van der Waals surface area contributed by atoms with Crippen LogP contribution in [0.5, 0.6) is 0 Å². The molecule has 3 rings (SSSR count). The average Bonchev–Trinajstić information content (AvgIpc) is 3.21. The van der Waals surface area contributed by atoms with E-state index in [1.807, 2.05) is 11.1 Å². The van der Waals surface area contributed by atoms with Gasteiger partial charge in [0.2, 0.25) is 5.82 Å². The molecule has 1 fully saturated rings. The number of piperazine rings is 1. The summed E-state index contributed by atoms with van der Waals surface area (Å²) in [6.45, 7) is 9.28. The third-order valence-corrected chi connectivity index (χ3v) is 4.31. The Morgan fingerprint density at radius 1 is 1.30 bits per heavy atom. The molecule has 23 heavy (non-hydrogen) atoms. The van der Waals surface area contributed by atoms with Gasteiger partial charge in [-0.3, -0.25) is 19.5 Å². The van der Waals surface area contributed by atoms with E-state index in [1.165, 1.54) is 17.6 Å². The highest BCUT2D eigenvalue weighted by molar-refractivity contribution is 5.90. The number of carbonyl (C=O) groups is 1. The zero-order valence-electron chi connectivity index (χ0n) is 13.7. The molecule has 1 saturated heterocycles. The fourth-order valence-electron chi connectivity index (χ4n) is 2.89. The van der Waals surface area contributed by atoms with Crippen LogP contribution in [0.4, 0.5) is 0 Å².